The van der Waals surface area contributed by atoms with Gasteiger partial charge in [0.05, 0.1) is 42.2 Å². The number of fused-ring (bicyclic) bond motifs is 3. The first-order chi connectivity index (χ1) is 19.0. The number of aliphatic hydroxyl groups excluding tert-OH is 1. The highest BCUT2D eigenvalue weighted by molar-refractivity contribution is 5.94. The molecule has 2 aliphatic heterocycles. The SMILES string of the molecule is O=C1NCC(F)COc2c(-c3cnc(CO[C@H]4CCC[C@@H]4O)nc3)ccc3ncc(cc23)N[C@H]2CCN[C@H]1C2. The molecule has 11 heteroatoms. The van der Waals surface area contributed by atoms with E-state index >= 15 is 0 Å². The number of hydrogen-bond acceptors (Lipinski definition) is 9. The molecule has 1 aromatic carbocycles. The molecule has 1 amide bonds. The number of nitrogens with zero attached hydrogens (tertiary/aromatic N) is 3. The van der Waals surface area contributed by atoms with Gasteiger partial charge in [-0.05, 0) is 56.8 Å². The molecule has 1 saturated carbocycles. The number of alkyl halides is 1. The molecule has 10 nitrogen and oxygen atoms in total. The number of nitrogens with one attached hydrogen (secondary N) is 3. The molecule has 5 atom stereocenters. The van der Waals surface area contributed by atoms with Crippen molar-refractivity contribution in [3.05, 3.63) is 42.6 Å². The smallest absolute Gasteiger partial charge is 0.237 e. The zero-order chi connectivity index (χ0) is 26.8. The standard InChI is InChI=1S/C28H33FN6O4/c29-17-12-34-28(37)23-9-18(6-7-30-23)35-19-8-21-22(31-13-19)5-4-20(27(21)39-14-17)16-10-32-26(33-11-16)15-38-25-3-1-2-24(25)36/h4-5,8,10-11,13,17-18,23-25,30,35-36H,1-3,6-7,9,12,14-15H2,(H,34,37)/t17?,18-,23-,24-,25-/m0/s1. The fraction of sp³-hybridized carbons (Fsp3) is 0.500. The van der Waals surface area contributed by atoms with Gasteiger partial charge in [-0.25, -0.2) is 14.4 Å². The number of benzene rings is 1. The van der Waals surface area contributed by atoms with E-state index in [9.17, 15) is 14.3 Å². The zero-order valence-corrected chi connectivity index (χ0v) is 21.6. The number of anilines is 1. The van der Waals surface area contributed by atoms with Gasteiger partial charge in [-0.1, -0.05) is 0 Å². The summed E-state index contributed by atoms with van der Waals surface area (Å²) in [6.45, 7) is 0.541. The molecule has 3 aromatic rings. The van der Waals surface area contributed by atoms with Crippen LogP contribution in [0.5, 0.6) is 5.75 Å². The van der Waals surface area contributed by atoms with Crippen LogP contribution in [-0.2, 0) is 16.1 Å². The molecule has 6 rings (SSSR count). The molecule has 1 unspecified atom stereocenters. The lowest BCUT2D eigenvalue weighted by Crippen LogP contribution is -2.52. The van der Waals surface area contributed by atoms with E-state index in [-0.39, 0.29) is 43.9 Å². The molecule has 2 fully saturated rings. The summed E-state index contributed by atoms with van der Waals surface area (Å²) in [4.78, 5) is 26.2. The average molecular weight is 537 g/mol. The minimum atomic E-state index is -1.39. The highest BCUT2D eigenvalue weighted by Gasteiger charge is 2.28. The van der Waals surface area contributed by atoms with Crippen molar-refractivity contribution in [3.8, 4) is 16.9 Å². The lowest BCUT2D eigenvalue weighted by Gasteiger charge is -2.31. The first-order valence-electron chi connectivity index (χ1n) is 13.6. The Hall–Kier alpha value is -3.41. The van der Waals surface area contributed by atoms with Crippen molar-refractivity contribution >= 4 is 22.5 Å². The van der Waals surface area contributed by atoms with Gasteiger partial charge in [0.15, 0.2) is 12.0 Å². The topological polar surface area (TPSA) is 131 Å². The summed E-state index contributed by atoms with van der Waals surface area (Å²) in [5.41, 5.74) is 2.95. The fourth-order valence-electron chi connectivity index (χ4n) is 5.54. The molecule has 4 bridgehead atoms. The van der Waals surface area contributed by atoms with Gasteiger partial charge >= 0.3 is 0 Å². The number of amides is 1. The normalized spacial score (nSPS) is 27.4. The predicted octanol–water partition coefficient (Wildman–Crippen LogP) is 2.50. The van der Waals surface area contributed by atoms with Crippen LogP contribution in [0.4, 0.5) is 10.1 Å². The predicted molar refractivity (Wildman–Crippen MR) is 143 cm³/mol. The van der Waals surface area contributed by atoms with Crippen molar-refractivity contribution < 1.29 is 23.8 Å². The molecule has 4 heterocycles. The lowest BCUT2D eigenvalue weighted by molar-refractivity contribution is -0.124. The Morgan fingerprint density at radius 3 is 2.82 bits per heavy atom. The molecule has 3 aliphatic rings. The van der Waals surface area contributed by atoms with Crippen molar-refractivity contribution in [2.24, 2.45) is 0 Å². The molecule has 4 N–H and O–H groups in total. The second kappa shape index (κ2) is 11.4. The van der Waals surface area contributed by atoms with Crippen LogP contribution >= 0.6 is 0 Å². The maximum Gasteiger partial charge on any atom is 0.237 e. The average Bonchev–Trinajstić information content (AvgIpc) is 3.37. The van der Waals surface area contributed by atoms with E-state index in [1.165, 1.54) is 0 Å². The molecule has 1 saturated heterocycles. The van der Waals surface area contributed by atoms with Crippen molar-refractivity contribution in [1.29, 1.82) is 0 Å². The molecular weight excluding hydrogens is 503 g/mol. The largest absolute Gasteiger partial charge is 0.489 e. The van der Waals surface area contributed by atoms with Crippen LogP contribution in [0.3, 0.4) is 0 Å². The van der Waals surface area contributed by atoms with E-state index in [2.05, 4.69) is 30.9 Å². The third-order valence-corrected chi connectivity index (χ3v) is 7.67. The van der Waals surface area contributed by atoms with Crippen molar-refractivity contribution in [2.45, 2.75) is 69.2 Å². The quantitative estimate of drug-likeness (QED) is 0.397. The number of carbonyl (C=O) groups is 1. The fourth-order valence-corrected chi connectivity index (χ4v) is 5.54. The van der Waals surface area contributed by atoms with Crippen molar-refractivity contribution in [3.63, 3.8) is 0 Å². The van der Waals surface area contributed by atoms with Gasteiger partial charge in [0, 0.05) is 34.9 Å². The Morgan fingerprint density at radius 2 is 2.00 bits per heavy atom. The Balaban J connectivity index is 1.30. The van der Waals surface area contributed by atoms with Gasteiger partial charge in [0.1, 0.15) is 19.0 Å². The monoisotopic (exact) mass is 536 g/mol. The maximum atomic E-state index is 14.9. The summed E-state index contributed by atoms with van der Waals surface area (Å²) in [5, 5.41) is 20.2. The summed E-state index contributed by atoms with van der Waals surface area (Å²) in [6, 6.07) is 5.44. The van der Waals surface area contributed by atoms with Gasteiger partial charge in [0.2, 0.25) is 5.91 Å². The number of halogens is 1. The van der Waals surface area contributed by atoms with Gasteiger partial charge < -0.3 is 30.5 Å². The van der Waals surface area contributed by atoms with E-state index in [0.29, 0.717) is 35.7 Å². The molecule has 2 aromatic heterocycles. The zero-order valence-electron chi connectivity index (χ0n) is 21.6. The van der Waals surface area contributed by atoms with Gasteiger partial charge in [-0.2, -0.15) is 0 Å². The van der Waals surface area contributed by atoms with Gasteiger partial charge in [0.25, 0.3) is 0 Å². The molecule has 0 radical (unpaired) electrons. The molecular formula is C28H33FN6O4. The number of piperidine rings is 1. The third-order valence-electron chi connectivity index (χ3n) is 7.67. The molecule has 206 valence electrons. The Morgan fingerprint density at radius 1 is 1.13 bits per heavy atom. The Kier molecular flexibility index (Phi) is 7.53. The maximum absolute atomic E-state index is 14.9. The van der Waals surface area contributed by atoms with Gasteiger partial charge in [-0.3, -0.25) is 9.78 Å². The summed E-state index contributed by atoms with van der Waals surface area (Å²) >= 11 is 0. The van der Waals surface area contributed by atoms with Gasteiger partial charge in [-0.15, -0.1) is 0 Å². The van der Waals surface area contributed by atoms with E-state index in [4.69, 9.17) is 9.47 Å². The van der Waals surface area contributed by atoms with Crippen LogP contribution in [0.15, 0.2) is 36.8 Å². The number of aromatic nitrogens is 3. The van der Waals surface area contributed by atoms with Crippen LogP contribution in [0, 0.1) is 0 Å². The van der Waals surface area contributed by atoms with Crippen LogP contribution in [0.25, 0.3) is 22.0 Å². The second-order valence-corrected chi connectivity index (χ2v) is 10.5. The summed E-state index contributed by atoms with van der Waals surface area (Å²) in [5.74, 6) is 0.794. The second-order valence-electron chi connectivity index (χ2n) is 10.5. The Bertz CT molecular complexity index is 1330. The van der Waals surface area contributed by atoms with E-state index in [1.807, 2.05) is 18.2 Å². The number of ether oxygens (including phenoxy) is 2. The van der Waals surface area contributed by atoms with E-state index in [1.54, 1.807) is 18.6 Å². The summed E-state index contributed by atoms with van der Waals surface area (Å²) in [6.07, 6.45) is 7.13. The number of carbonyl (C=O) groups excluding carboxylic acids is 1. The minimum Gasteiger partial charge on any atom is -0.489 e. The number of aliphatic hydroxyl groups is 1. The highest BCUT2D eigenvalue weighted by Crippen LogP contribution is 2.37. The van der Waals surface area contributed by atoms with Crippen molar-refractivity contribution in [1.82, 2.24) is 25.6 Å². The van der Waals surface area contributed by atoms with Crippen LogP contribution in [-0.4, -0.2) is 76.1 Å². The van der Waals surface area contributed by atoms with Crippen LogP contribution in [0.2, 0.25) is 0 Å². The summed E-state index contributed by atoms with van der Waals surface area (Å²) in [7, 11) is 0. The first-order valence-corrected chi connectivity index (χ1v) is 13.6. The first kappa shape index (κ1) is 25.8. The molecule has 1 aliphatic carbocycles. The summed E-state index contributed by atoms with van der Waals surface area (Å²) < 4.78 is 26.8. The van der Waals surface area contributed by atoms with E-state index in [0.717, 1.165) is 42.3 Å². The number of pyridine rings is 1. The third kappa shape index (κ3) is 5.80. The minimum absolute atomic E-state index is 0.0754. The lowest BCUT2D eigenvalue weighted by atomic mass is 9.98. The van der Waals surface area contributed by atoms with E-state index < -0.39 is 12.3 Å². The molecule has 0 spiro atoms. The highest BCUT2D eigenvalue weighted by atomic mass is 19.1. The molecule has 39 heavy (non-hydrogen) atoms. The number of hydrogen-bond donors (Lipinski definition) is 4. The Labute approximate surface area is 225 Å². The van der Waals surface area contributed by atoms with Crippen LogP contribution < -0.4 is 20.7 Å². The van der Waals surface area contributed by atoms with Crippen LogP contribution in [0.1, 0.15) is 37.9 Å². The van der Waals surface area contributed by atoms with Crippen molar-refractivity contribution in [2.75, 3.05) is 25.0 Å². The number of rotatable bonds is 4.